The Labute approximate surface area is 266 Å². The number of nitrogens with zero attached hydrogens (tertiary/aromatic N) is 3. The van der Waals surface area contributed by atoms with E-state index >= 15 is 0 Å². The highest BCUT2D eigenvalue weighted by Gasteiger charge is 2.35. The van der Waals surface area contributed by atoms with Gasteiger partial charge in [0.25, 0.3) is 5.69 Å². The molecule has 0 saturated carbocycles. The number of amides is 2. The quantitative estimate of drug-likeness (QED) is 0.207. The van der Waals surface area contributed by atoms with E-state index in [1.165, 1.54) is 24.1 Å². The molecule has 0 aliphatic carbocycles. The fourth-order valence-corrected chi connectivity index (χ4v) is 5.74. The number of carbonyl (C=O) groups excluding carboxylic acids is 2. The number of anilines is 1. The van der Waals surface area contributed by atoms with E-state index < -0.39 is 50.6 Å². The predicted molar refractivity (Wildman–Crippen MR) is 171 cm³/mol. The van der Waals surface area contributed by atoms with Crippen LogP contribution in [-0.2, 0) is 32.6 Å². The minimum Gasteiger partial charge on any atom is -0.495 e. The van der Waals surface area contributed by atoms with E-state index in [0.717, 1.165) is 28.3 Å². The molecule has 14 heteroatoms. The summed E-state index contributed by atoms with van der Waals surface area (Å²) in [5, 5.41) is 15.1. The van der Waals surface area contributed by atoms with E-state index in [9.17, 15) is 28.1 Å². The summed E-state index contributed by atoms with van der Waals surface area (Å²) in [7, 11) is -2.93. The van der Waals surface area contributed by atoms with Crippen LogP contribution in [0.15, 0.2) is 66.7 Å². The standard InChI is InChI=1S/C30H34Cl2N4O7S/c1-30(2,3)33-29(38)26(15-20-9-7-6-8-10-20)34(18-21-11-12-22(31)16-24(21)32)28(37)19-35(44(5,41)42)25-17-23(36(39)40)13-14-27(25)43-4/h6-14,16-17,26H,15,18-19H2,1-5H3,(H,33,38)/t26-/m1/s1. The molecule has 1 N–H and O–H groups in total. The van der Waals surface area contributed by atoms with Gasteiger partial charge >= 0.3 is 0 Å². The largest absolute Gasteiger partial charge is 0.495 e. The average Bonchev–Trinajstić information content (AvgIpc) is 2.93. The molecule has 0 aliphatic heterocycles. The average molecular weight is 666 g/mol. The van der Waals surface area contributed by atoms with E-state index in [4.69, 9.17) is 27.9 Å². The normalized spacial score (nSPS) is 12.2. The molecule has 0 heterocycles. The van der Waals surface area contributed by atoms with Gasteiger partial charge in [-0.05, 0) is 50.1 Å². The Hall–Kier alpha value is -3.87. The number of ether oxygens (including phenoxy) is 1. The number of hydrogen-bond acceptors (Lipinski definition) is 7. The summed E-state index contributed by atoms with van der Waals surface area (Å²) in [6, 6.07) is 16.1. The van der Waals surface area contributed by atoms with Crippen LogP contribution in [0.3, 0.4) is 0 Å². The molecule has 0 spiro atoms. The molecule has 3 aromatic rings. The lowest BCUT2D eigenvalue weighted by Gasteiger charge is -2.35. The molecule has 3 aromatic carbocycles. The summed E-state index contributed by atoms with van der Waals surface area (Å²) in [5.41, 5.74) is -0.0564. The Kier molecular flexibility index (Phi) is 11.2. The highest BCUT2D eigenvalue weighted by molar-refractivity contribution is 7.92. The summed E-state index contributed by atoms with van der Waals surface area (Å²) in [5.74, 6) is -1.24. The molecule has 236 valence electrons. The monoisotopic (exact) mass is 664 g/mol. The van der Waals surface area contributed by atoms with Crippen molar-refractivity contribution in [3.05, 3.63) is 98.0 Å². The van der Waals surface area contributed by atoms with Crippen LogP contribution in [0.4, 0.5) is 11.4 Å². The van der Waals surface area contributed by atoms with Crippen LogP contribution in [0.25, 0.3) is 0 Å². The minimum atomic E-state index is -4.20. The molecule has 2 amide bonds. The SMILES string of the molecule is COc1ccc([N+](=O)[O-])cc1N(CC(=O)N(Cc1ccc(Cl)cc1Cl)[C@H](Cc1ccccc1)C(=O)NC(C)(C)C)S(C)(=O)=O. The molecule has 0 bridgehead atoms. The number of halogens is 2. The van der Waals surface area contributed by atoms with Crippen molar-refractivity contribution in [1.29, 1.82) is 0 Å². The van der Waals surface area contributed by atoms with Gasteiger partial charge in [-0.15, -0.1) is 0 Å². The first kappa shape index (κ1) is 34.6. The highest BCUT2D eigenvalue weighted by atomic mass is 35.5. The van der Waals surface area contributed by atoms with Crippen molar-refractivity contribution in [2.24, 2.45) is 0 Å². The summed E-state index contributed by atoms with van der Waals surface area (Å²) >= 11 is 12.6. The van der Waals surface area contributed by atoms with Crippen molar-refractivity contribution in [1.82, 2.24) is 10.2 Å². The molecule has 44 heavy (non-hydrogen) atoms. The number of sulfonamides is 1. The van der Waals surface area contributed by atoms with E-state index in [1.54, 1.807) is 45.0 Å². The fraction of sp³-hybridized carbons (Fsp3) is 0.333. The lowest BCUT2D eigenvalue weighted by Crippen LogP contribution is -2.56. The molecule has 1 atom stereocenters. The van der Waals surface area contributed by atoms with Crippen LogP contribution >= 0.6 is 23.2 Å². The number of rotatable bonds is 12. The van der Waals surface area contributed by atoms with Crippen molar-refractivity contribution in [2.75, 3.05) is 24.2 Å². The lowest BCUT2D eigenvalue weighted by atomic mass is 10.0. The zero-order chi connectivity index (χ0) is 32.8. The van der Waals surface area contributed by atoms with Gasteiger partial charge in [-0.25, -0.2) is 8.42 Å². The van der Waals surface area contributed by atoms with Crippen LogP contribution in [0.1, 0.15) is 31.9 Å². The number of nitro groups is 1. The van der Waals surface area contributed by atoms with Crippen molar-refractivity contribution in [3.8, 4) is 5.75 Å². The maximum absolute atomic E-state index is 14.3. The number of hydrogen-bond donors (Lipinski definition) is 1. The second-order valence-corrected chi connectivity index (χ2v) is 13.8. The van der Waals surface area contributed by atoms with Gasteiger partial charge in [0.05, 0.1) is 18.3 Å². The third-order valence-electron chi connectivity index (χ3n) is 6.45. The van der Waals surface area contributed by atoms with Crippen LogP contribution in [0.2, 0.25) is 10.0 Å². The van der Waals surface area contributed by atoms with Gasteiger partial charge in [0.15, 0.2) is 0 Å². The zero-order valence-electron chi connectivity index (χ0n) is 24.9. The van der Waals surface area contributed by atoms with E-state index in [-0.39, 0.29) is 29.4 Å². The van der Waals surface area contributed by atoms with Gasteiger partial charge in [0.2, 0.25) is 21.8 Å². The van der Waals surface area contributed by atoms with E-state index in [0.29, 0.717) is 10.6 Å². The zero-order valence-corrected chi connectivity index (χ0v) is 27.2. The third kappa shape index (κ3) is 9.31. The van der Waals surface area contributed by atoms with Crippen molar-refractivity contribution >= 4 is 56.4 Å². The topological polar surface area (TPSA) is 139 Å². The fourth-order valence-electron chi connectivity index (χ4n) is 4.42. The Bertz CT molecular complexity index is 1630. The summed E-state index contributed by atoms with van der Waals surface area (Å²) in [6.07, 6.45) is 0.964. The Morgan fingerprint density at radius 3 is 2.25 bits per heavy atom. The molecule has 0 radical (unpaired) electrons. The summed E-state index contributed by atoms with van der Waals surface area (Å²) in [6.45, 7) is 4.43. The molecule has 11 nitrogen and oxygen atoms in total. The van der Waals surface area contributed by atoms with Gasteiger partial charge in [-0.2, -0.15) is 0 Å². The van der Waals surface area contributed by atoms with Crippen LogP contribution in [0.5, 0.6) is 5.75 Å². The smallest absolute Gasteiger partial charge is 0.271 e. The van der Waals surface area contributed by atoms with Crippen molar-refractivity contribution in [3.63, 3.8) is 0 Å². The molecule has 0 fully saturated rings. The maximum Gasteiger partial charge on any atom is 0.271 e. The van der Waals surface area contributed by atoms with Crippen molar-refractivity contribution in [2.45, 2.75) is 45.3 Å². The molecule has 0 unspecified atom stereocenters. The number of nitro benzene ring substituents is 1. The Balaban J connectivity index is 2.17. The first-order chi connectivity index (χ1) is 20.5. The number of nitrogens with one attached hydrogen (secondary N) is 1. The summed E-state index contributed by atoms with van der Waals surface area (Å²) < 4.78 is 32.2. The molecular formula is C30H34Cl2N4O7S. The second kappa shape index (κ2) is 14.3. The summed E-state index contributed by atoms with van der Waals surface area (Å²) in [4.78, 5) is 40.2. The second-order valence-electron chi connectivity index (χ2n) is 11.1. The predicted octanol–water partition coefficient (Wildman–Crippen LogP) is 5.23. The third-order valence-corrected chi connectivity index (χ3v) is 8.16. The van der Waals surface area contributed by atoms with Crippen molar-refractivity contribution < 1.29 is 27.7 Å². The lowest BCUT2D eigenvalue weighted by molar-refractivity contribution is -0.384. The molecule has 3 rings (SSSR count). The first-order valence-electron chi connectivity index (χ1n) is 13.4. The van der Waals surface area contributed by atoms with Gasteiger partial charge in [0, 0.05) is 40.7 Å². The van der Waals surface area contributed by atoms with Gasteiger partial charge < -0.3 is 15.0 Å². The Morgan fingerprint density at radius 1 is 1.05 bits per heavy atom. The van der Waals surface area contributed by atoms with Gasteiger partial charge in [-0.1, -0.05) is 59.6 Å². The van der Waals surface area contributed by atoms with Gasteiger partial charge in [0.1, 0.15) is 24.0 Å². The van der Waals surface area contributed by atoms with E-state index in [2.05, 4.69) is 5.32 Å². The molecule has 0 saturated heterocycles. The number of non-ortho nitro benzene ring substituents is 1. The number of benzene rings is 3. The first-order valence-corrected chi connectivity index (χ1v) is 16.0. The highest BCUT2D eigenvalue weighted by Crippen LogP contribution is 2.34. The van der Waals surface area contributed by atoms with Crippen LogP contribution in [0, 0.1) is 10.1 Å². The Morgan fingerprint density at radius 2 is 1.70 bits per heavy atom. The molecule has 0 aliphatic rings. The number of carbonyl (C=O) groups is 2. The number of methoxy groups -OCH3 is 1. The van der Waals surface area contributed by atoms with Gasteiger partial charge in [-0.3, -0.25) is 24.0 Å². The van der Waals surface area contributed by atoms with E-state index in [1.807, 2.05) is 18.2 Å². The van der Waals surface area contributed by atoms with Crippen LogP contribution in [-0.4, -0.2) is 61.5 Å². The van der Waals surface area contributed by atoms with Crippen LogP contribution < -0.4 is 14.4 Å². The maximum atomic E-state index is 14.3. The minimum absolute atomic E-state index is 0.00701. The molecular weight excluding hydrogens is 631 g/mol. The molecule has 0 aromatic heterocycles.